The normalized spacial score (nSPS) is 16.4. The van der Waals surface area contributed by atoms with Gasteiger partial charge in [-0.15, -0.1) is 0 Å². The summed E-state index contributed by atoms with van der Waals surface area (Å²) in [7, 11) is 1.61. The molecule has 0 aliphatic carbocycles. The second kappa shape index (κ2) is 6.57. The van der Waals surface area contributed by atoms with Crippen molar-refractivity contribution in [1.82, 2.24) is 4.90 Å². The second-order valence-corrected chi connectivity index (χ2v) is 4.98. The predicted octanol–water partition coefficient (Wildman–Crippen LogP) is 1.93. The quantitative estimate of drug-likeness (QED) is 0.903. The molecule has 1 saturated heterocycles. The van der Waals surface area contributed by atoms with E-state index in [0.29, 0.717) is 11.5 Å². The minimum Gasteiger partial charge on any atom is -0.497 e. The number of piperidine rings is 1. The molecule has 0 saturated carbocycles. The van der Waals surface area contributed by atoms with Gasteiger partial charge in [-0.25, -0.2) is 0 Å². The number of rotatable bonds is 4. The number of carbonyl (C=O) groups is 1. The maximum Gasteiger partial charge on any atom is 0.253 e. The van der Waals surface area contributed by atoms with Crippen molar-refractivity contribution in [2.24, 2.45) is 5.92 Å². The van der Waals surface area contributed by atoms with Gasteiger partial charge in [-0.2, -0.15) is 0 Å². The van der Waals surface area contributed by atoms with E-state index in [2.05, 4.69) is 0 Å². The molecular weight excluding hydrogens is 242 g/mol. The number of hydrogen-bond donors (Lipinski definition) is 1. The molecule has 1 heterocycles. The zero-order valence-corrected chi connectivity index (χ0v) is 11.3. The molecule has 104 valence electrons. The monoisotopic (exact) mass is 263 g/mol. The molecule has 19 heavy (non-hydrogen) atoms. The number of amides is 1. The van der Waals surface area contributed by atoms with E-state index in [1.807, 2.05) is 17.0 Å². The number of hydrogen-bond acceptors (Lipinski definition) is 3. The molecule has 1 N–H and O–H groups in total. The number of aliphatic hydroxyl groups is 1. The van der Waals surface area contributed by atoms with Crippen LogP contribution in [-0.4, -0.2) is 42.7 Å². The molecule has 0 unspecified atom stereocenters. The summed E-state index contributed by atoms with van der Waals surface area (Å²) < 4.78 is 5.09. The number of likely N-dealkylation sites (tertiary alicyclic amines) is 1. The van der Waals surface area contributed by atoms with E-state index in [1.165, 1.54) is 0 Å². The Bertz CT molecular complexity index is 408. The number of nitrogens with zero attached hydrogens (tertiary/aromatic N) is 1. The van der Waals surface area contributed by atoms with Crippen LogP contribution in [0.25, 0.3) is 0 Å². The molecule has 0 bridgehead atoms. The highest BCUT2D eigenvalue weighted by atomic mass is 16.5. The van der Waals surface area contributed by atoms with E-state index in [9.17, 15) is 4.79 Å². The van der Waals surface area contributed by atoms with Crippen molar-refractivity contribution >= 4 is 5.91 Å². The lowest BCUT2D eigenvalue weighted by molar-refractivity contribution is 0.0678. The van der Waals surface area contributed by atoms with Crippen molar-refractivity contribution < 1.29 is 14.6 Å². The van der Waals surface area contributed by atoms with Crippen molar-refractivity contribution in [3.05, 3.63) is 29.8 Å². The first-order valence-corrected chi connectivity index (χ1v) is 6.78. The Morgan fingerprint density at radius 1 is 1.32 bits per heavy atom. The van der Waals surface area contributed by atoms with Gasteiger partial charge in [0.25, 0.3) is 5.91 Å². The van der Waals surface area contributed by atoms with Crippen LogP contribution in [0.5, 0.6) is 5.75 Å². The van der Waals surface area contributed by atoms with Crippen LogP contribution in [0.2, 0.25) is 0 Å². The molecule has 1 aromatic rings. The Balaban J connectivity index is 1.93. The van der Waals surface area contributed by atoms with E-state index < -0.39 is 0 Å². The van der Waals surface area contributed by atoms with Gasteiger partial charge in [0.2, 0.25) is 0 Å². The van der Waals surface area contributed by atoms with Gasteiger partial charge < -0.3 is 14.7 Å². The fraction of sp³-hybridized carbons (Fsp3) is 0.533. The topological polar surface area (TPSA) is 49.8 Å². The first-order chi connectivity index (χ1) is 9.24. The molecule has 1 amide bonds. The largest absolute Gasteiger partial charge is 0.497 e. The Labute approximate surface area is 114 Å². The van der Waals surface area contributed by atoms with Crippen LogP contribution in [-0.2, 0) is 0 Å². The fourth-order valence-corrected chi connectivity index (χ4v) is 2.52. The van der Waals surface area contributed by atoms with Crippen LogP contribution in [0, 0.1) is 5.92 Å². The van der Waals surface area contributed by atoms with Gasteiger partial charge in [0.15, 0.2) is 0 Å². The fourth-order valence-electron chi connectivity index (χ4n) is 2.52. The standard InChI is InChI=1S/C15H21NO3/c1-19-14-4-2-13(3-5-14)15(18)16-9-6-12(7-10-16)8-11-17/h2-5,12,17H,6-11H2,1H3. The molecular formula is C15H21NO3. The van der Waals surface area contributed by atoms with Crippen LogP contribution in [0.1, 0.15) is 29.6 Å². The van der Waals surface area contributed by atoms with Crippen molar-refractivity contribution in [2.45, 2.75) is 19.3 Å². The first kappa shape index (κ1) is 13.9. The Morgan fingerprint density at radius 3 is 2.47 bits per heavy atom. The van der Waals surface area contributed by atoms with E-state index in [4.69, 9.17) is 9.84 Å². The Hall–Kier alpha value is -1.55. The molecule has 4 heteroatoms. The summed E-state index contributed by atoms with van der Waals surface area (Å²) in [6.07, 6.45) is 2.83. The number of benzene rings is 1. The average Bonchev–Trinajstić information content (AvgIpc) is 2.48. The predicted molar refractivity (Wildman–Crippen MR) is 73.3 cm³/mol. The molecule has 0 aromatic heterocycles. The highest BCUT2D eigenvalue weighted by molar-refractivity contribution is 5.94. The number of ether oxygens (including phenoxy) is 1. The SMILES string of the molecule is COc1ccc(C(=O)N2CCC(CCO)CC2)cc1. The van der Waals surface area contributed by atoms with Crippen molar-refractivity contribution in [3.63, 3.8) is 0 Å². The minimum atomic E-state index is 0.0881. The third-order valence-electron chi connectivity index (χ3n) is 3.78. The summed E-state index contributed by atoms with van der Waals surface area (Å²) in [6.45, 7) is 1.82. The minimum absolute atomic E-state index is 0.0881. The van der Waals surface area contributed by atoms with E-state index in [-0.39, 0.29) is 12.5 Å². The number of methoxy groups -OCH3 is 1. The van der Waals surface area contributed by atoms with Crippen molar-refractivity contribution in [1.29, 1.82) is 0 Å². The maximum atomic E-state index is 12.3. The smallest absolute Gasteiger partial charge is 0.253 e. The Kier molecular flexibility index (Phi) is 4.80. The molecule has 1 aromatic carbocycles. The molecule has 0 spiro atoms. The lowest BCUT2D eigenvalue weighted by atomic mass is 9.93. The van der Waals surface area contributed by atoms with Gasteiger partial charge in [0.1, 0.15) is 5.75 Å². The molecule has 4 nitrogen and oxygen atoms in total. The highest BCUT2D eigenvalue weighted by Gasteiger charge is 2.23. The van der Waals surface area contributed by atoms with Gasteiger partial charge in [-0.1, -0.05) is 0 Å². The number of aliphatic hydroxyl groups excluding tert-OH is 1. The van der Waals surface area contributed by atoms with Gasteiger partial charge >= 0.3 is 0 Å². The van der Waals surface area contributed by atoms with Crippen LogP contribution >= 0.6 is 0 Å². The molecule has 0 radical (unpaired) electrons. The summed E-state index contributed by atoms with van der Waals surface area (Å²) in [4.78, 5) is 14.2. The highest BCUT2D eigenvalue weighted by Crippen LogP contribution is 2.22. The number of carbonyl (C=O) groups excluding carboxylic acids is 1. The molecule has 1 aliphatic rings. The zero-order valence-electron chi connectivity index (χ0n) is 11.3. The van der Waals surface area contributed by atoms with Crippen molar-refractivity contribution in [2.75, 3.05) is 26.8 Å². The van der Waals surface area contributed by atoms with Crippen LogP contribution < -0.4 is 4.74 Å². The maximum absolute atomic E-state index is 12.3. The molecule has 2 rings (SSSR count). The van der Waals surface area contributed by atoms with Gasteiger partial charge in [0.05, 0.1) is 7.11 Å². The third kappa shape index (κ3) is 3.47. The van der Waals surface area contributed by atoms with Gasteiger partial charge in [-0.3, -0.25) is 4.79 Å². The first-order valence-electron chi connectivity index (χ1n) is 6.78. The molecule has 0 atom stereocenters. The lowest BCUT2D eigenvalue weighted by Crippen LogP contribution is -2.38. The summed E-state index contributed by atoms with van der Waals surface area (Å²) in [5, 5.41) is 8.93. The molecule has 1 aliphatic heterocycles. The van der Waals surface area contributed by atoms with Gasteiger partial charge in [0, 0.05) is 25.3 Å². The summed E-state index contributed by atoms with van der Waals surface area (Å²) in [5.74, 6) is 1.41. The second-order valence-electron chi connectivity index (χ2n) is 4.98. The summed E-state index contributed by atoms with van der Waals surface area (Å²) in [5.41, 5.74) is 0.710. The van der Waals surface area contributed by atoms with Crippen LogP contribution in [0.15, 0.2) is 24.3 Å². The summed E-state index contributed by atoms with van der Waals surface area (Å²) >= 11 is 0. The van der Waals surface area contributed by atoms with E-state index in [1.54, 1.807) is 19.2 Å². The van der Waals surface area contributed by atoms with Crippen LogP contribution in [0.3, 0.4) is 0 Å². The van der Waals surface area contributed by atoms with E-state index >= 15 is 0 Å². The average molecular weight is 263 g/mol. The van der Waals surface area contributed by atoms with E-state index in [0.717, 1.165) is 38.1 Å². The summed E-state index contributed by atoms with van der Waals surface area (Å²) in [6, 6.07) is 7.24. The van der Waals surface area contributed by atoms with Crippen molar-refractivity contribution in [3.8, 4) is 5.75 Å². The zero-order chi connectivity index (χ0) is 13.7. The van der Waals surface area contributed by atoms with Gasteiger partial charge in [-0.05, 0) is 49.4 Å². The Morgan fingerprint density at radius 2 is 1.95 bits per heavy atom. The lowest BCUT2D eigenvalue weighted by Gasteiger charge is -2.31. The third-order valence-corrected chi connectivity index (χ3v) is 3.78. The molecule has 1 fully saturated rings. The van der Waals surface area contributed by atoms with Crippen LogP contribution in [0.4, 0.5) is 0 Å².